The van der Waals surface area contributed by atoms with Crippen molar-refractivity contribution < 1.29 is 9.53 Å². The number of nitrogens with zero attached hydrogens (tertiary/aromatic N) is 2. The molecule has 4 nitrogen and oxygen atoms in total. The first-order valence-corrected chi connectivity index (χ1v) is 5.21. The third kappa shape index (κ3) is 2.89. The molecule has 0 fully saturated rings. The van der Waals surface area contributed by atoms with Crippen molar-refractivity contribution >= 4 is 5.78 Å². The Hall–Kier alpha value is -1.16. The van der Waals surface area contributed by atoms with E-state index in [1.807, 2.05) is 20.8 Å². The summed E-state index contributed by atoms with van der Waals surface area (Å²) in [4.78, 5) is 12.0. The van der Waals surface area contributed by atoms with Gasteiger partial charge in [0, 0.05) is 19.9 Å². The molecule has 0 aromatic carbocycles. The smallest absolute Gasteiger partial charge is 0.211 e. The third-order valence-corrected chi connectivity index (χ3v) is 2.18. The van der Waals surface area contributed by atoms with E-state index in [1.165, 1.54) is 0 Å². The summed E-state index contributed by atoms with van der Waals surface area (Å²) in [5.74, 6) is 0.131. The van der Waals surface area contributed by atoms with E-state index in [0.717, 1.165) is 0 Å². The molecule has 0 aliphatic heterocycles. The van der Waals surface area contributed by atoms with Crippen LogP contribution in [0, 0.1) is 5.92 Å². The van der Waals surface area contributed by atoms with Crippen LogP contribution >= 0.6 is 0 Å². The van der Waals surface area contributed by atoms with Crippen LogP contribution in [0.1, 0.15) is 31.3 Å². The van der Waals surface area contributed by atoms with Crippen molar-refractivity contribution in [1.82, 2.24) is 9.78 Å². The van der Waals surface area contributed by atoms with Crippen molar-refractivity contribution in [2.24, 2.45) is 13.0 Å². The second-order valence-electron chi connectivity index (χ2n) is 3.86. The first kappa shape index (κ1) is 11.9. The average molecular weight is 210 g/mol. The summed E-state index contributed by atoms with van der Waals surface area (Å²) in [6.07, 6.45) is 1.38. The number of carbonyl (C=O) groups is 1. The SMILES string of the molecule is CCOC(C(=O)c1ccn(C)n1)C(C)C. The van der Waals surface area contributed by atoms with E-state index in [0.29, 0.717) is 12.3 Å². The van der Waals surface area contributed by atoms with Gasteiger partial charge in [-0.15, -0.1) is 0 Å². The highest BCUT2D eigenvalue weighted by atomic mass is 16.5. The first-order chi connectivity index (χ1) is 7.06. The van der Waals surface area contributed by atoms with Crippen LogP contribution < -0.4 is 0 Å². The van der Waals surface area contributed by atoms with Gasteiger partial charge in [-0.05, 0) is 18.9 Å². The molecule has 0 radical (unpaired) electrons. The second-order valence-corrected chi connectivity index (χ2v) is 3.86. The molecule has 1 unspecified atom stereocenters. The third-order valence-electron chi connectivity index (χ3n) is 2.18. The standard InChI is InChI=1S/C11H18N2O2/c1-5-15-11(8(2)3)10(14)9-6-7-13(4)12-9/h6-8,11H,5H2,1-4H3. The van der Waals surface area contributed by atoms with E-state index >= 15 is 0 Å². The Morgan fingerprint density at radius 3 is 2.67 bits per heavy atom. The molecule has 0 aliphatic rings. The van der Waals surface area contributed by atoms with Gasteiger partial charge in [0.15, 0.2) is 0 Å². The van der Waals surface area contributed by atoms with Crippen LogP contribution in [0.3, 0.4) is 0 Å². The fraction of sp³-hybridized carbons (Fsp3) is 0.636. The van der Waals surface area contributed by atoms with Gasteiger partial charge in [-0.2, -0.15) is 5.10 Å². The van der Waals surface area contributed by atoms with Gasteiger partial charge in [-0.3, -0.25) is 9.48 Å². The normalized spacial score (nSPS) is 13.1. The number of ketones is 1. The zero-order valence-corrected chi connectivity index (χ0v) is 9.73. The number of Topliss-reactive ketones (excluding diaryl/α,β-unsaturated/α-hetero) is 1. The molecule has 0 bridgehead atoms. The van der Waals surface area contributed by atoms with Gasteiger partial charge >= 0.3 is 0 Å². The lowest BCUT2D eigenvalue weighted by atomic mass is 10.0. The van der Waals surface area contributed by atoms with Crippen LogP contribution in [0.15, 0.2) is 12.3 Å². The summed E-state index contributed by atoms with van der Waals surface area (Å²) in [5, 5.41) is 4.08. The maximum atomic E-state index is 12.0. The van der Waals surface area contributed by atoms with Crippen molar-refractivity contribution in [2.75, 3.05) is 6.61 Å². The van der Waals surface area contributed by atoms with Gasteiger partial charge < -0.3 is 4.74 Å². The van der Waals surface area contributed by atoms with Crippen molar-refractivity contribution in [1.29, 1.82) is 0 Å². The Balaban J connectivity index is 2.80. The Morgan fingerprint density at radius 1 is 1.60 bits per heavy atom. The maximum Gasteiger partial charge on any atom is 0.211 e. The minimum Gasteiger partial charge on any atom is -0.370 e. The highest BCUT2D eigenvalue weighted by Crippen LogP contribution is 2.12. The zero-order valence-electron chi connectivity index (χ0n) is 9.73. The average Bonchev–Trinajstić information content (AvgIpc) is 2.59. The fourth-order valence-corrected chi connectivity index (χ4v) is 1.44. The topological polar surface area (TPSA) is 44.1 Å². The molecule has 1 rings (SSSR count). The van der Waals surface area contributed by atoms with E-state index in [-0.39, 0.29) is 17.8 Å². The highest BCUT2D eigenvalue weighted by Gasteiger charge is 2.25. The molecule has 15 heavy (non-hydrogen) atoms. The fourth-order valence-electron chi connectivity index (χ4n) is 1.44. The molecule has 0 N–H and O–H groups in total. The molecule has 0 saturated carbocycles. The maximum absolute atomic E-state index is 12.0. The van der Waals surface area contributed by atoms with Crippen molar-refractivity contribution in [2.45, 2.75) is 26.9 Å². The number of ether oxygens (including phenoxy) is 1. The van der Waals surface area contributed by atoms with Crippen LogP contribution in [0.5, 0.6) is 0 Å². The van der Waals surface area contributed by atoms with Crippen LogP contribution in [0.25, 0.3) is 0 Å². The van der Waals surface area contributed by atoms with E-state index in [2.05, 4.69) is 5.10 Å². The van der Waals surface area contributed by atoms with Crippen LogP contribution in [0.4, 0.5) is 0 Å². The van der Waals surface area contributed by atoms with E-state index < -0.39 is 0 Å². The summed E-state index contributed by atoms with van der Waals surface area (Å²) >= 11 is 0. The number of carbonyl (C=O) groups excluding carboxylic acids is 1. The molecule has 1 aromatic rings. The Morgan fingerprint density at radius 2 is 2.27 bits per heavy atom. The molecule has 0 saturated heterocycles. The minimum absolute atomic E-state index is 0.0348. The molecule has 4 heteroatoms. The van der Waals surface area contributed by atoms with Crippen LogP contribution in [0.2, 0.25) is 0 Å². The summed E-state index contributed by atoms with van der Waals surface area (Å²) in [5.41, 5.74) is 0.477. The predicted molar refractivity (Wildman–Crippen MR) is 57.8 cm³/mol. The molecule has 0 amide bonds. The molecular formula is C11H18N2O2. The number of aromatic nitrogens is 2. The van der Waals surface area contributed by atoms with Crippen LogP contribution in [-0.2, 0) is 11.8 Å². The summed E-state index contributed by atoms with van der Waals surface area (Å²) < 4.78 is 7.05. The number of hydrogen-bond donors (Lipinski definition) is 0. The lowest BCUT2D eigenvalue weighted by Gasteiger charge is -2.18. The van der Waals surface area contributed by atoms with Crippen molar-refractivity contribution in [3.63, 3.8) is 0 Å². The quantitative estimate of drug-likeness (QED) is 0.694. The number of rotatable bonds is 5. The lowest BCUT2D eigenvalue weighted by Crippen LogP contribution is -2.30. The molecular weight excluding hydrogens is 192 g/mol. The lowest BCUT2D eigenvalue weighted by molar-refractivity contribution is 0.0275. The van der Waals surface area contributed by atoms with Gasteiger partial charge in [0.25, 0.3) is 0 Å². The Bertz CT molecular complexity index is 331. The second kappa shape index (κ2) is 5.07. The van der Waals surface area contributed by atoms with E-state index in [4.69, 9.17) is 4.74 Å². The largest absolute Gasteiger partial charge is 0.370 e. The van der Waals surface area contributed by atoms with Crippen LogP contribution in [-0.4, -0.2) is 28.3 Å². The molecule has 1 heterocycles. The van der Waals surface area contributed by atoms with E-state index in [1.54, 1.807) is 24.0 Å². The summed E-state index contributed by atoms with van der Waals surface area (Å²) in [7, 11) is 1.79. The minimum atomic E-state index is -0.384. The first-order valence-electron chi connectivity index (χ1n) is 5.21. The van der Waals surface area contributed by atoms with Crippen molar-refractivity contribution in [3.8, 4) is 0 Å². The summed E-state index contributed by atoms with van der Waals surface area (Å²) in [6, 6.07) is 1.72. The Kier molecular flexibility index (Phi) is 4.03. The Labute approximate surface area is 90.2 Å². The monoisotopic (exact) mass is 210 g/mol. The predicted octanol–water partition coefficient (Wildman–Crippen LogP) is 1.66. The number of hydrogen-bond acceptors (Lipinski definition) is 3. The van der Waals surface area contributed by atoms with Gasteiger partial charge in [0.1, 0.15) is 11.8 Å². The zero-order chi connectivity index (χ0) is 11.4. The van der Waals surface area contributed by atoms with Crippen molar-refractivity contribution in [3.05, 3.63) is 18.0 Å². The molecule has 84 valence electrons. The number of aryl methyl sites for hydroxylation is 1. The van der Waals surface area contributed by atoms with Gasteiger partial charge in [-0.1, -0.05) is 13.8 Å². The summed E-state index contributed by atoms with van der Waals surface area (Å²) in [6.45, 7) is 6.38. The van der Waals surface area contributed by atoms with E-state index in [9.17, 15) is 4.79 Å². The van der Waals surface area contributed by atoms with Gasteiger partial charge in [0.2, 0.25) is 5.78 Å². The van der Waals surface area contributed by atoms with Gasteiger partial charge in [0.05, 0.1) is 0 Å². The molecule has 1 atom stereocenters. The van der Waals surface area contributed by atoms with Gasteiger partial charge in [-0.25, -0.2) is 0 Å². The molecule has 0 spiro atoms. The molecule has 0 aliphatic carbocycles. The highest BCUT2D eigenvalue weighted by molar-refractivity contribution is 5.97. The molecule has 1 aromatic heterocycles.